The van der Waals surface area contributed by atoms with Gasteiger partial charge in [-0.05, 0) is 11.8 Å². The van der Waals surface area contributed by atoms with E-state index >= 15 is 0 Å². The predicted molar refractivity (Wildman–Crippen MR) is 58.1 cm³/mol. The van der Waals surface area contributed by atoms with Gasteiger partial charge in [-0.3, -0.25) is 0 Å². The fraction of sp³-hybridized carbons (Fsp3) is 1.00. The van der Waals surface area contributed by atoms with Crippen LogP contribution in [0.5, 0.6) is 0 Å². The van der Waals surface area contributed by atoms with Gasteiger partial charge in [-0.2, -0.15) is 0 Å². The molecule has 0 nitrogen and oxygen atoms in total. The summed E-state index contributed by atoms with van der Waals surface area (Å²) < 4.78 is -1.18. The van der Waals surface area contributed by atoms with Gasteiger partial charge in [0.15, 0.2) is 3.79 Å². The Kier molecular flexibility index (Phi) is 3.81. The smallest absolute Gasteiger partial charge is 0.0831 e. The quantitative estimate of drug-likeness (QED) is 0.568. The van der Waals surface area contributed by atoms with Gasteiger partial charge in [0, 0.05) is 5.41 Å². The molecule has 0 aromatic rings. The molecule has 0 aromatic carbocycles. The lowest BCUT2D eigenvalue weighted by Gasteiger charge is -2.37. The molecule has 0 aliphatic carbocycles. The van der Waals surface area contributed by atoms with Gasteiger partial charge in [0.2, 0.25) is 0 Å². The van der Waals surface area contributed by atoms with Gasteiger partial charge in [0.1, 0.15) is 0 Å². The number of hydrogen-bond acceptors (Lipinski definition) is 0. The van der Waals surface area contributed by atoms with Crippen LogP contribution in [0.2, 0.25) is 0 Å². The molecule has 0 aliphatic heterocycles. The molecular formula is C9H17Cl3. The molecule has 0 aliphatic rings. The molecule has 0 bridgehead atoms. The Morgan fingerprint density at radius 1 is 0.833 bits per heavy atom. The third-order valence-electron chi connectivity index (χ3n) is 1.74. The minimum Gasteiger partial charge on any atom is -0.0831 e. The van der Waals surface area contributed by atoms with E-state index in [0.29, 0.717) is 0 Å². The molecule has 0 N–H and O–H groups in total. The second kappa shape index (κ2) is 3.55. The van der Waals surface area contributed by atoms with E-state index in [1.165, 1.54) is 0 Å². The Balaban J connectivity index is 4.44. The van der Waals surface area contributed by atoms with Gasteiger partial charge < -0.3 is 0 Å². The molecular weight excluding hydrogens is 214 g/mol. The van der Waals surface area contributed by atoms with E-state index in [2.05, 4.69) is 20.8 Å². The van der Waals surface area contributed by atoms with Crippen LogP contribution in [0.25, 0.3) is 0 Å². The van der Waals surface area contributed by atoms with Gasteiger partial charge in [0.05, 0.1) is 0 Å². The van der Waals surface area contributed by atoms with Gasteiger partial charge in [-0.15, -0.1) is 0 Å². The highest BCUT2D eigenvalue weighted by atomic mass is 35.6. The first-order valence-electron chi connectivity index (χ1n) is 4.02. The van der Waals surface area contributed by atoms with Gasteiger partial charge in [0.25, 0.3) is 0 Å². The summed E-state index contributed by atoms with van der Waals surface area (Å²) >= 11 is 17.6. The van der Waals surface area contributed by atoms with Crippen LogP contribution in [-0.4, -0.2) is 3.79 Å². The zero-order chi connectivity index (χ0) is 10.2. The molecule has 0 aromatic heterocycles. The standard InChI is InChI=1S/C9H17Cl3/c1-7(2,3)6-8(4,5)9(10,11)12/h6H2,1-5H3. The lowest BCUT2D eigenvalue weighted by molar-refractivity contribution is 0.216. The van der Waals surface area contributed by atoms with Crippen molar-refractivity contribution in [2.24, 2.45) is 10.8 Å². The normalized spacial score (nSPS) is 15.0. The summed E-state index contributed by atoms with van der Waals surface area (Å²) in [7, 11) is 0. The fourth-order valence-electron chi connectivity index (χ4n) is 1.43. The molecule has 0 saturated heterocycles. The Hall–Kier alpha value is 0.870. The monoisotopic (exact) mass is 230 g/mol. The third kappa shape index (κ3) is 4.20. The lowest BCUT2D eigenvalue weighted by Crippen LogP contribution is -2.33. The summed E-state index contributed by atoms with van der Waals surface area (Å²) in [6.07, 6.45) is 0.885. The topological polar surface area (TPSA) is 0 Å². The molecule has 0 atom stereocenters. The van der Waals surface area contributed by atoms with Crippen LogP contribution in [-0.2, 0) is 0 Å². The van der Waals surface area contributed by atoms with Crippen molar-refractivity contribution in [1.82, 2.24) is 0 Å². The summed E-state index contributed by atoms with van der Waals surface area (Å²) in [5, 5.41) is 0. The van der Waals surface area contributed by atoms with E-state index in [1.807, 2.05) is 13.8 Å². The van der Waals surface area contributed by atoms with Crippen molar-refractivity contribution >= 4 is 34.8 Å². The first-order chi connectivity index (χ1) is 4.96. The SMILES string of the molecule is CC(C)(C)CC(C)(C)C(Cl)(Cl)Cl. The highest BCUT2D eigenvalue weighted by Gasteiger charge is 2.42. The second-order valence-corrected chi connectivity index (χ2v) is 7.40. The van der Waals surface area contributed by atoms with Gasteiger partial charge in [-0.1, -0.05) is 69.4 Å². The van der Waals surface area contributed by atoms with E-state index in [4.69, 9.17) is 34.8 Å². The first-order valence-corrected chi connectivity index (χ1v) is 5.16. The van der Waals surface area contributed by atoms with Gasteiger partial charge in [-0.25, -0.2) is 0 Å². The summed E-state index contributed by atoms with van der Waals surface area (Å²) in [6, 6.07) is 0. The Morgan fingerprint density at radius 2 is 1.17 bits per heavy atom. The molecule has 0 saturated carbocycles. The maximum Gasteiger partial charge on any atom is 0.195 e. The lowest BCUT2D eigenvalue weighted by atomic mass is 9.77. The van der Waals surface area contributed by atoms with Crippen LogP contribution in [0, 0.1) is 10.8 Å². The highest BCUT2D eigenvalue weighted by molar-refractivity contribution is 6.68. The summed E-state index contributed by atoms with van der Waals surface area (Å²) in [5.41, 5.74) is -0.0939. The first kappa shape index (κ1) is 12.9. The van der Waals surface area contributed by atoms with Crippen molar-refractivity contribution in [3.05, 3.63) is 0 Å². The maximum atomic E-state index is 5.86. The highest BCUT2D eigenvalue weighted by Crippen LogP contribution is 2.49. The summed E-state index contributed by atoms with van der Waals surface area (Å²) in [4.78, 5) is 0. The van der Waals surface area contributed by atoms with Crippen molar-refractivity contribution in [1.29, 1.82) is 0 Å². The number of hydrogen-bond donors (Lipinski definition) is 0. The number of alkyl halides is 3. The van der Waals surface area contributed by atoms with E-state index in [9.17, 15) is 0 Å². The van der Waals surface area contributed by atoms with Crippen molar-refractivity contribution in [3.8, 4) is 0 Å². The van der Waals surface area contributed by atoms with Crippen LogP contribution in [0.1, 0.15) is 41.0 Å². The average molecular weight is 232 g/mol. The molecule has 0 fully saturated rings. The molecule has 0 heterocycles. The molecule has 0 amide bonds. The minimum absolute atomic E-state index is 0.188. The van der Waals surface area contributed by atoms with Crippen molar-refractivity contribution < 1.29 is 0 Å². The maximum absolute atomic E-state index is 5.86. The molecule has 0 spiro atoms. The molecule has 12 heavy (non-hydrogen) atoms. The Morgan fingerprint density at radius 3 is 1.25 bits per heavy atom. The third-order valence-corrected chi connectivity index (χ3v) is 3.27. The zero-order valence-corrected chi connectivity index (χ0v) is 10.6. The van der Waals surface area contributed by atoms with Crippen LogP contribution >= 0.6 is 34.8 Å². The Labute approximate surface area is 90.6 Å². The van der Waals surface area contributed by atoms with Crippen LogP contribution < -0.4 is 0 Å². The van der Waals surface area contributed by atoms with Gasteiger partial charge >= 0.3 is 0 Å². The number of rotatable bonds is 1. The van der Waals surface area contributed by atoms with Crippen LogP contribution in [0.4, 0.5) is 0 Å². The summed E-state index contributed by atoms with van der Waals surface area (Å²) in [6.45, 7) is 10.4. The fourth-order valence-corrected chi connectivity index (χ4v) is 1.63. The van der Waals surface area contributed by atoms with Crippen LogP contribution in [0.3, 0.4) is 0 Å². The van der Waals surface area contributed by atoms with E-state index in [-0.39, 0.29) is 10.8 Å². The molecule has 74 valence electrons. The molecule has 0 rings (SSSR count). The van der Waals surface area contributed by atoms with E-state index in [0.717, 1.165) is 6.42 Å². The minimum atomic E-state index is -1.18. The second-order valence-electron chi connectivity index (χ2n) is 5.12. The molecule has 3 heteroatoms. The molecule has 0 radical (unpaired) electrons. The predicted octanol–water partition coefficient (Wildman–Crippen LogP) is 4.82. The van der Waals surface area contributed by atoms with Crippen molar-refractivity contribution in [2.45, 2.75) is 44.8 Å². The van der Waals surface area contributed by atoms with E-state index < -0.39 is 3.79 Å². The largest absolute Gasteiger partial charge is 0.195 e. The van der Waals surface area contributed by atoms with Crippen LogP contribution in [0.15, 0.2) is 0 Å². The van der Waals surface area contributed by atoms with Crippen molar-refractivity contribution in [2.75, 3.05) is 0 Å². The number of halogens is 3. The average Bonchev–Trinajstić information content (AvgIpc) is 1.52. The summed E-state index contributed by atoms with van der Waals surface area (Å²) in [5.74, 6) is 0. The Bertz CT molecular complexity index is 148. The van der Waals surface area contributed by atoms with Crippen molar-refractivity contribution in [3.63, 3.8) is 0 Å². The van der Waals surface area contributed by atoms with E-state index in [1.54, 1.807) is 0 Å². The zero-order valence-electron chi connectivity index (χ0n) is 8.34. The molecule has 0 unspecified atom stereocenters.